The average Bonchev–Trinajstić information content (AvgIpc) is 2.47. The van der Waals surface area contributed by atoms with E-state index in [2.05, 4.69) is 5.32 Å². The van der Waals surface area contributed by atoms with Crippen LogP contribution in [0.3, 0.4) is 0 Å². The van der Waals surface area contributed by atoms with Crippen LogP contribution in [0.4, 0.5) is 8.78 Å². The lowest BCUT2D eigenvalue weighted by molar-refractivity contribution is 0.0953. The van der Waals surface area contributed by atoms with Crippen LogP contribution in [-0.4, -0.2) is 17.6 Å². The van der Waals surface area contributed by atoms with Crippen molar-refractivity contribution in [2.45, 2.75) is 13.0 Å². The van der Waals surface area contributed by atoms with Gasteiger partial charge in [0.25, 0.3) is 5.91 Å². The monoisotopic (exact) mass is 291 g/mol. The Morgan fingerprint density at radius 3 is 2.14 bits per heavy atom. The van der Waals surface area contributed by atoms with Gasteiger partial charge in [0.1, 0.15) is 11.6 Å². The first-order chi connectivity index (χ1) is 10.1. The maximum atomic E-state index is 13.0. The summed E-state index contributed by atoms with van der Waals surface area (Å²) in [7, 11) is 0. The van der Waals surface area contributed by atoms with E-state index in [9.17, 15) is 13.6 Å². The predicted octanol–water partition coefficient (Wildman–Crippen LogP) is 2.43. The van der Waals surface area contributed by atoms with Gasteiger partial charge in [0.15, 0.2) is 0 Å². The van der Waals surface area contributed by atoms with E-state index in [0.29, 0.717) is 13.0 Å². The SMILES string of the molecule is O=C(NCCc1ccc(CO)cc1)c1cc(F)cc(F)c1. The summed E-state index contributed by atoms with van der Waals surface area (Å²) in [5.74, 6) is -2.07. The maximum Gasteiger partial charge on any atom is 0.251 e. The fourth-order valence-electron chi connectivity index (χ4n) is 1.92. The maximum absolute atomic E-state index is 13.0. The molecule has 0 spiro atoms. The largest absolute Gasteiger partial charge is 0.392 e. The molecule has 0 saturated heterocycles. The summed E-state index contributed by atoms with van der Waals surface area (Å²) in [6.07, 6.45) is 0.593. The van der Waals surface area contributed by atoms with Gasteiger partial charge in [0.05, 0.1) is 6.61 Å². The van der Waals surface area contributed by atoms with Gasteiger partial charge in [0, 0.05) is 18.2 Å². The Morgan fingerprint density at radius 2 is 1.57 bits per heavy atom. The second-order valence-electron chi connectivity index (χ2n) is 4.64. The molecule has 0 aliphatic heterocycles. The van der Waals surface area contributed by atoms with E-state index < -0.39 is 17.5 Å². The highest BCUT2D eigenvalue weighted by molar-refractivity contribution is 5.94. The number of hydrogen-bond donors (Lipinski definition) is 2. The summed E-state index contributed by atoms with van der Waals surface area (Å²) in [4.78, 5) is 11.8. The molecule has 2 aromatic carbocycles. The molecule has 0 heterocycles. The molecular weight excluding hydrogens is 276 g/mol. The van der Waals surface area contributed by atoms with Crippen LogP contribution in [0, 0.1) is 11.6 Å². The highest BCUT2D eigenvalue weighted by Crippen LogP contribution is 2.08. The van der Waals surface area contributed by atoms with E-state index in [4.69, 9.17) is 5.11 Å². The number of rotatable bonds is 5. The van der Waals surface area contributed by atoms with Crippen LogP contribution >= 0.6 is 0 Å². The van der Waals surface area contributed by atoms with Crippen LogP contribution < -0.4 is 5.32 Å². The van der Waals surface area contributed by atoms with Crippen LogP contribution in [0.15, 0.2) is 42.5 Å². The number of carbonyl (C=O) groups is 1. The Balaban J connectivity index is 1.88. The highest BCUT2D eigenvalue weighted by Gasteiger charge is 2.08. The Bertz CT molecular complexity index is 606. The topological polar surface area (TPSA) is 49.3 Å². The van der Waals surface area contributed by atoms with Gasteiger partial charge in [0.2, 0.25) is 0 Å². The molecule has 0 fully saturated rings. The van der Waals surface area contributed by atoms with Crippen LogP contribution in [0.25, 0.3) is 0 Å². The molecular formula is C16H15F2NO2. The molecule has 3 nitrogen and oxygen atoms in total. The quantitative estimate of drug-likeness (QED) is 0.889. The van der Waals surface area contributed by atoms with Crippen molar-refractivity contribution in [1.82, 2.24) is 5.32 Å². The third-order valence-electron chi connectivity index (χ3n) is 3.03. The lowest BCUT2D eigenvalue weighted by Gasteiger charge is -2.06. The highest BCUT2D eigenvalue weighted by atomic mass is 19.1. The van der Waals surface area contributed by atoms with E-state index in [1.807, 2.05) is 12.1 Å². The second-order valence-corrected chi connectivity index (χ2v) is 4.64. The van der Waals surface area contributed by atoms with Crippen molar-refractivity contribution in [2.75, 3.05) is 6.54 Å². The first-order valence-corrected chi connectivity index (χ1v) is 6.51. The molecule has 0 atom stereocenters. The van der Waals surface area contributed by atoms with Gasteiger partial charge in [-0.1, -0.05) is 24.3 Å². The second kappa shape index (κ2) is 6.95. The minimum atomic E-state index is -0.778. The van der Waals surface area contributed by atoms with Gasteiger partial charge >= 0.3 is 0 Å². The molecule has 1 amide bonds. The molecule has 2 N–H and O–H groups in total. The van der Waals surface area contributed by atoms with Crippen LogP contribution in [0.1, 0.15) is 21.5 Å². The summed E-state index contributed by atoms with van der Waals surface area (Å²) >= 11 is 0. The summed E-state index contributed by atoms with van der Waals surface area (Å²) in [6, 6.07) is 10.0. The van der Waals surface area contributed by atoms with Gasteiger partial charge in [-0.25, -0.2) is 8.78 Å². The molecule has 2 rings (SSSR count). The van der Waals surface area contributed by atoms with Crippen molar-refractivity contribution in [3.05, 3.63) is 70.8 Å². The van der Waals surface area contributed by atoms with E-state index in [1.165, 1.54) is 0 Å². The summed E-state index contributed by atoms with van der Waals surface area (Å²) in [5.41, 5.74) is 1.78. The first-order valence-electron chi connectivity index (χ1n) is 6.51. The molecule has 2 aromatic rings. The number of hydrogen-bond acceptors (Lipinski definition) is 2. The summed E-state index contributed by atoms with van der Waals surface area (Å²) in [6.45, 7) is 0.345. The van der Waals surface area contributed by atoms with Gasteiger partial charge in [-0.2, -0.15) is 0 Å². The van der Waals surface area contributed by atoms with Crippen molar-refractivity contribution in [3.63, 3.8) is 0 Å². The van der Waals surface area contributed by atoms with Gasteiger partial charge in [-0.3, -0.25) is 4.79 Å². The molecule has 0 aliphatic carbocycles. The Kier molecular flexibility index (Phi) is 5.00. The van der Waals surface area contributed by atoms with Crippen molar-refractivity contribution < 1.29 is 18.7 Å². The minimum Gasteiger partial charge on any atom is -0.392 e. The molecule has 21 heavy (non-hydrogen) atoms. The molecule has 0 bridgehead atoms. The molecule has 0 aromatic heterocycles. The Morgan fingerprint density at radius 1 is 1.00 bits per heavy atom. The molecule has 0 unspecified atom stereocenters. The number of carbonyl (C=O) groups excluding carboxylic acids is 1. The van der Waals surface area contributed by atoms with Gasteiger partial charge < -0.3 is 10.4 Å². The average molecular weight is 291 g/mol. The van der Waals surface area contributed by atoms with E-state index >= 15 is 0 Å². The number of nitrogens with one attached hydrogen (secondary N) is 1. The lowest BCUT2D eigenvalue weighted by Crippen LogP contribution is -2.25. The number of amides is 1. The van der Waals surface area contributed by atoms with Gasteiger partial charge in [-0.15, -0.1) is 0 Å². The van der Waals surface area contributed by atoms with E-state index in [-0.39, 0.29) is 12.2 Å². The molecule has 0 saturated carbocycles. The van der Waals surface area contributed by atoms with Crippen LogP contribution in [0.5, 0.6) is 0 Å². The number of aliphatic hydroxyl groups excluding tert-OH is 1. The fourth-order valence-corrected chi connectivity index (χ4v) is 1.92. The standard InChI is InChI=1S/C16H15F2NO2/c17-14-7-13(8-15(18)9-14)16(21)19-6-5-11-1-3-12(10-20)4-2-11/h1-4,7-9,20H,5-6,10H2,(H,19,21). The summed E-state index contributed by atoms with van der Waals surface area (Å²) in [5, 5.41) is 11.5. The van der Waals surface area contributed by atoms with Crippen molar-refractivity contribution in [2.24, 2.45) is 0 Å². The van der Waals surface area contributed by atoms with Crippen molar-refractivity contribution >= 4 is 5.91 Å². The molecule has 0 radical (unpaired) electrons. The number of aliphatic hydroxyl groups is 1. The normalized spacial score (nSPS) is 10.4. The van der Waals surface area contributed by atoms with Crippen LogP contribution in [-0.2, 0) is 13.0 Å². The lowest BCUT2D eigenvalue weighted by atomic mass is 10.1. The third kappa shape index (κ3) is 4.36. The fraction of sp³-hybridized carbons (Fsp3) is 0.188. The number of halogens is 2. The molecule has 110 valence electrons. The van der Waals surface area contributed by atoms with Gasteiger partial charge in [-0.05, 0) is 29.7 Å². The van der Waals surface area contributed by atoms with E-state index in [0.717, 1.165) is 29.3 Å². The number of benzene rings is 2. The first kappa shape index (κ1) is 15.1. The zero-order valence-electron chi connectivity index (χ0n) is 11.3. The molecule has 0 aliphatic rings. The molecule has 5 heteroatoms. The minimum absolute atomic E-state index is 0.0118. The van der Waals surface area contributed by atoms with Crippen molar-refractivity contribution in [3.8, 4) is 0 Å². The zero-order chi connectivity index (χ0) is 15.2. The third-order valence-corrected chi connectivity index (χ3v) is 3.03. The van der Waals surface area contributed by atoms with E-state index in [1.54, 1.807) is 12.1 Å². The zero-order valence-corrected chi connectivity index (χ0v) is 11.3. The summed E-state index contributed by atoms with van der Waals surface area (Å²) < 4.78 is 26.0. The Hall–Kier alpha value is -2.27. The smallest absolute Gasteiger partial charge is 0.251 e. The van der Waals surface area contributed by atoms with Crippen molar-refractivity contribution in [1.29, 1.82) is 0 Å². The predicted molar refractivity (Wildman–Crippen MR) is 74.8 cm³/mol. The Labute approximate surface area is 121 Å². The van der Waals surface area contributed by atoms with Crippen LogP contribution in [0.2, 0.25) is 0 Å².